The van der Waals surface area contributed by atoms with Gasteiger partial charge in [0.05, 0.1) is 0 Å². The Morgan fingerprint density at radius 2 is 1.35 bits per heavy atom. The van der Waals surface area contributed by atoms with Gasteiger partial charge in [-0.05, 0) is 45.5 Å². The van der Waals surface area contributed by atoms with E-state index < -0.39 is 0 Å². The molecule has 0 saturated heterocycles. The first-order valence-corrected chi connectivity index (χ1v) is 13.5. The van der Waals surface area contributed by atoms with Crippen molar-refractivity contribution in [3.05, 3.63) is 162 Å². The number of hydrogen-bond acceptors (Lipinski definition) is 4. The van der Waals surface area contributed by atoms with Crippen LogP contribution >= 0.6 is 0 Å². The number of amidine groups is 2. The van der Waals surface area contributed by atoms with Crippen LogP contribution in [0.3, 0.4) is 0 Å². The summed E-state index contributed by atoms with van der Waals surface area (Å²) in [5.41, 5.74) is 13.5. The maximum Gasteiger partial charge on any atom is 0.159 e. The third-order valence-corrected chi connectivity index (χ3v) is 7.12. The molecule has 1 aliphatic rings. The zero-order valence-corrected chi connectivity index (χ0v) is 22.3. The third-order valence-electron chi connectivity index (χ3n) is 7.12. The van der Waals surface area contributed by atoms with Crippen molar-refractivity contribution in [2.75, 3.05) is 0 Å². The number of nitrogens with zero attached hydrogens (tertiary/aromatic N) is 2. The van der Waals surface area contributed by atoms with Gasteiger partial charge in [0, 0.05) is 17.3 Å². The number of benzene rings is 5. The Labute approximate surface area is 234 Å². The van der Waals surface area contributed by atoms with Gasteiger partial charge in [0.2, 0.25) is 0 Å². The smallest absolute Gasteiger partial charge is 0.159 e. The summed E-state index contributed by atoms with van der Waals surface area (Å²) in [6.45, 7) is 2.00. The summed E-state index contributed by atoms with van der Waals surface area (Å²) in [7, 11) is 0. The molecule has 0 saturated carbocycles. The summed E-state index contributed by atoms with van der Waals surface area (Å²) in [6, 6.07) is 41.8. The molecule has 3 N–H and O–H groups in total. The van der Waals surface area contributed by atoms with E-state index in [0.717, 1.165) is 45.1 Å². The Bertz CT molecular complexity index is 1760. The SMILES string of the molecule is C/C=C\C(=C/N)c1ccc(-c2ccc(C3N=C(c4ccccc4)N=C(c4ccccc4)N3)cc2)c2ccccc12. The minimum atomic E-state index is -0.255. The molecule has 4 heteroatoms. The van der Waals surface area contributed by atoms with Gasteiger partial charge in [0.1, 0.15) is 12.0 Å². The van der Waals surface area contributed by atoms with Crippen LogP contribution in [0.25, 0.3) is 27.5 Å². The van der Waals surface area contributed by atoms with Crippen LogP contribution in [0.5, 0.6) is 0 Å². The van der Waals surface area contributed by atoms with Crippen LogP contribution in [0.4, 0.5) is 0 Å². The molecule has 0 bridgehead atoms. The van der Waals surface area contributed by atoms with E-state index in [9.17, 15) is 0 Å². The lowest BCUT2D eigenvalue weighted by Gasteiger charge is -2.24. The van der Waals surface area contributed by atoms with Gasteiger partial charge in [-0.25, -0.2) is 9.98 Å². The molecule has 1 aliphatic heterocycles. The number of fused-ring (bicyclic) bond motifs is 1. The van der Waals surface area contributed by atoms with Crippen LogP contribution in [-0.4, -0.2) is 11.7 Å². The minimum Gasteiger partial charge on any atom is -0.404 e. The second-order valence-electron chi connectivity index (χ2n) is 9.64. The highest BCUT2D eigenvalue weighted by Crippen LogP contribution is 2.34. The predicted octanol–water partition coefficient (Wildman–Crippen LogP) is 7.88. The maximum absolute atomic E-state index is 5.97. The molecule has 40 heavy (non-hydrogen) atoms. The highest BCUT2D eigenvalue weighted by atomic mass is 15.2. The normalized spacial score (nSPS) is 15.5. The first kappa shape index (κ1) is 25.1. The summed E-state index contributed by atoms with van der Waals surface area (Å²) in [6.07, 6.45) is 5.48. The molecule has 0 fully saturated rings. The molecule has 0 aromatic heterocycles. The van der Waals surface area contributed by atoms with Crippen molar-refractivity contribution in [2.24, 2.45) is 15.7 Å². The molecule has 4 nitrogen and oxygen atoms in total. The van der Waals surface area contributed by atoms with E-state index in [1.807, 2.05) is 67.6 Å². The van der Waals surface area contributed by atoms with E-state index in [2.05, 4.69) is 78.1 Å². The summed E-state index contributed by atoms with van der Waals surface area (Å²) in [4.78, 5) is 9.88. The number of aliphatic imine (C=N–C) groups is 2. The molecule has 1 atom stereocenters. The van der Waals surface area contributed by atoms with Gasteiger partial charge in [0.25, 0.3) is 0 Å². The summed E-state index contributed by atoms with van der Waals surface area (Å²) in [5.74, 6) is 1.54. The molecule has 0 aliphatic carbocycles. The Hall–Kier alpha value is -5.22. The van der Waals surface area contributed by atoms with Gasteiger partial charge in [-0.1, -0.05) is 133 Å². The molecular weight excluding hydrogens is 488 g/mol. The van der Waals surface area contributed by atoms with Crippen molar-refractivity contribution >= 4 is 28.0 Å². The average Bonchev–Trinajstić information content (AvgIpc) is 3.04. The number of hydrogen-bond donors (Lipinski definition) is 2. The molecule has 1 heterocycles. The Balaban J connectivity index is 1.37. The highest BCUT2D eigenvalue weighted by molar-refractivity contribution is 6.13. The van der Waals surface area contributed by atoms with E-state index in [0.29, 0.717) is 0 Å². The van der Waals surface area contributed by atoms with E-state index in [4.69, 9.17) is 15.7 Å². The first-order valence-electron chi connectivity index (χ1n) is 13.5. The van der Waals surface area contributed by atoms with Crippen LogP contribution in [-0.2, 0) is 0 Å². The zero-order chi connectivity index (χ0) is 27.3. The lowest BCUT2D eigenvalue weighted by Crippen LogP contribution is -2.33. The second kappa shape index (κ2) is 11.3. The monoisotopic (exact) mass is 518 g/mol. The summed E-state index contributed by atoms with van der Waals surface area (Å²) < 4.78 is 0. The average molecular weight is 519 g/mol. The van der Waals surface area contributed by atoms with E-state index in [1.54, 1.807) is 6.20 Å². The van der Waals surface area contributed by atoms with Gasteiger partial charge < -0.3 is 11.1 Å². The quantitative estimate of drug-likeness (QED) is 0.225. The van der Waals surface area contributed by atoms with Crippen molar-refractivity contribution in [3.63, 3.8) is 0 Å². The largest absolute Gasteiger partial charge is 0.404 e. The van der Waals surface area contributed by atoms with Crippen LogP contribution in [0.15, 0.2) is 150 Å². The van der Waals surface area contributed by atoms with E-state index in [1.165, 1.54) is 16.3 Å². The zero-order valence-electron chi connectivity index (χ0n) is 22.3. The van der Waals surface area contributed by atoms with Crippen LogP contribution in [0.1, 0.15) is 35.3 Å². The van der Waals surface area contributed by atoms with Crippen molar-refractivity contribution in [1.29, 1.82) is 0 Å². The lowest BCUT2D eigenvalue weighted by atomic mass is 9.91. The maximum atomic E-state index is 5.97. The van der Waals surface area contributed by atoms with Gasteiger partial charge in [0.15, 0.2) is 5.84 Å². The fraction of sp³-hybridized carbons (Fsp3) is 0.0556. The van der Waals surface area contributed by atoms with Crippen molar-refractivity contribution in [2.45, 2.75) is 13.1 Å². The number of rotatable bonds is 6. The summed E-state index contributed by atoms with van der Waals surface area (Å²) in [5, 5.41) is 5.92. The standard InChI is InChI=1S/C36H30N4/c1-2-11-29(24-37)31-23-22-30(32-16-9-10-17-33(31)32)25-18-20-28(21-19-25)36-39-34(26-12-5-3-6-13-26)38-35(40-36)27-14-7-4-8-15-27/h2-24,36H,37H2,1H3,(H,38,39,40)/b11-2-,29-24+. The Morgan fingerprint density at radius 1 is 0.700 bits per heavy atom. The Kier molecular flexibility index (Phi) is 7.06. The van der Waals surface area contributed by atoms with Gasteiger partial charge >= 0.3 is 0 Å². The van der Waals surface area contributed by atoms with Gasteiger partial charge in [-0.15, -0.1) is 0 Å². The molecule has 194 valence electrons. The number of nitrogens with two attached hydrogens (primary N) is 1. The van der Waals surface area contributed by atoms with Crippen molar-refractivity contribution in [1.82, 2.24) is 5.32 Å². The second-order valence-corrected chi connectivity index (χ2v) is 9.64. The van der Waals surface area contributed by atoms with Crippen LogP contribution in [0.2, 0.25) is 0 Å². The number of nitrogens with one attached hydrogen (secondary N) is 1. The first-order chi connectivity index (χ1) is 19.7. The molecule has 1 unspecified atom stereocenters. The molecule has 5 aromatic rings. The fourth-order valence-electron chi connectivity index (χ4n) is 5.14. The molecule has 0 radical (unpaired) electrons. The summed E-state index contributed by atoms with van der Waals surface area (Å²) >= 11 is 0. The molecule has 0 spiro atoms. The number of allylic oxidation sites excluding steroid dienone is 3. The van der Waals surface area contributed by atoms with Gasteiger partial charge in [-0.2, -0.15) is 0 Å². The van der Waals surface area contributed by atoms with E-state index >= 15 is 0 Å². The van der Waals surface area contributed by atoms with Crippen molar-refractivity contribution in [3.8, 4) is 11.1 Å². The van der Waals surface area contributed by atoms with Crippen LogP contribution in [0, 0.1) is 0 Å². The van der Waals surface area contributed by atoms with Gasteiger partial charge in [-0.3, -0.25) is 0 Å². The lowest BCUT2D eigenvalue weighted by molar-refractivity contribution is 0.674. The molecular formula is C36H30N4. The molecule has 0 amide bonds. The minimum absolute atomic E-state index is 0.255. The third kappa shape index (κ3) is 4.95. The topological polar surface area (TPSA) is 62.8 Å². The molecule has 5 aromatic carbocycles. The predicted molar refractivity (Wildman–Crippen MR) is 168 cm³/mol. The Morgan fingerprint density at radius 3 is 2.02 bits per heavy atom. The van der Waals surface area contributed by atoms with Crippen LogP contribution < -0.4 is 11.1 Å². The van der Waals surface area contributed by atoms with E-state index in [-0.39, 0.29) is 6.17 Å². The highest BCUT2D eigenvalue weighted by Gasteiger charge is 2.21. The fourth-order valence-corrected chi connectivity index (χ4v) is 5.14. The molecule has 6 rings (SSSR count). The van der Waals surface area contributed by atoms with Crippen molar-refractivity contribution < 1.29 is 0 Å².